The Morgan fingerprint density at radius 1 is 1.04 bits per heavy atom. The van der Waals surface area contributed by atoms with Crippen LogP contribution in [0.2, 0.25) is 0 Å². The molecule has 0 bridgehead atoms. The predicted octanol–water partition coefficient (Wildman–Crippen LogP) is 1.85. The predicted molar refractivity (Wildman–Crippen MR) is 91.7 cm³/mol. The van der Waals surface area contributed by atoms with E-state index in [-0.39, 0.29) is 23.8 Å². The lowest BCUT2D eigenvalue weighted by molar-refractivity contribution is -0.118. The maximum Gasteiger partial charge on any atom is 0.341 e. The maximum atomic E-state index is 12.0. The van der Waals surface area contributed by atoms with E-state index in [1.165, 1.54) is 14.2 Å². The fraction of sp³-hybridized carbons (Fsp3) is 0.167. The van der Waals surface area contributed by atoms with Crippen molar-refractivity contribution in [3.8, 4) is 5.75 Å². The van der Waals surface area contributed by atoms with Crippen LogP contribution in [-0.2, 0) is 9.53 Å². The lowest BCUT2D eigenvalue weighted by Gasteiger charge is -2.11. The topological polar surface area (TPSA) is 93.7 Å². The lowest BCUT2D eigenvalue weighted by Crippen LogP contribution is -2.22. The number of esters is 1. The van der Waals surface area contributed by atoms with Crippen LogP contribution in [0.4, 0.5) is 5.69 Å². The van der Waals surface area contributed by atoms with Crippen LogP contribution in [0.15, 0.2) is 48.5 Å². The molecule has 0 saturated carbocycles. The number of carbonyl (C=O) groups is 3. The van der Waals surface area contributed by atoms with E-state index in [0.717, 1.165) is 0 Å². The molecule has 0 aliphatic carbocycles. The number of methoxy groups -OCH3 is 1. The zero-order chi connectivity index (χ0) is 18.2. The SMILES string of the molecule is CNC(=O)c1cccc(NC(=O)COc2ccccc2C(=O)OC)c1. The zero-order valence-corrected chi connectivity index (χ0v) is 13.9. The van der Waals surface area contributed by atoms with Gasteiger partial charge in [0.05, 0.1) is 7.11 Å². The van der Waals surface area contributed by atoms with Gasteiger partial charge >= 0.3 is 5.97 Å². The minimum absolute atomic E-state index is 0.236. The van der Waals surface area contributed by atoms with Crippen LogP contribution in [0.3, 0.4) is 0 Å². The van der Waals surface area contributed by atoms with Crippen LogP contribution < -0.4 is 15.4 Å². The molecule has 25 heavy (non-hydrogen) atoms. The molecule has 2 amide bonds. The molecule has 2 aromatic carbocycles. The van der Waals surface area contributed by atoms with E-state index in [9.17, 15) is 14.4 Å². The molecule has 2 rings (SSSR count). The summed E-state index contributed by atoms with van der Waals surface area (Å²) in [5, 5.41) is 5.14. The van der Waals surface area contributed by atoms with E-state index in [1.807, 2.05) is 0 Å². The number of amides is 2. The van der Waals surface area contributed by atoms with E-state index < -0.39 is 11.9 Å². The molecule has 0 radical (unpaired) electrons. The highest BCUT2D eigenvalue weighted by Gasteiger charge is 2.13. The Kier molecular flexibility index (Phi) is 6.11. The first kappa shape index (κ1) is 18.0. The summed E-state index contributed by atoms with van der Waals surface area (Å²) in [4.78, 5) is 35.3. The summed E-state index contributed by atoms with van der Waals surface area (Å²) in [5.41, 5.74) is 1.13. The molecular formula is C18H18N2O5. The quantitative estimate of drug-likeness (QED) is 0.782. The third kappa shape index (κ3) is 4.81. The van der Waals surface area contributed by atoms with Crippen molar-refractivity contribution in [3.63, 3.8) is 0 Å². The molecular weight excluding hydrogens is 324 g/mol. The van der Waals surface area contributed by atoms with Crippen molar-refractivity contribution in [2.24, 2.45) is 0 Å². The molecule has 0 aliphatic rings. The van der Waals surface area contributed by atoms with Crippen molar-refractivity contribution in [1.29, 1.82) is 0 Å². The first-order chi connectivity index (χ1) is 12.0. The van der Waals surface area contributed by atoms with Gasteiger partial charge < -0.3 is 20.1 Å². The molecule has 0 heterocycles. The van der Waals surface area contributed by atoms with Crippen molar-refractivity contribution < 1.29 is 23.9 Å². The second-order valence-electron chi connectivity index (χ2n) is 4.98. The van der Waals surface area contributed by atoms with Gasteiger partial charge in [0.1, 0.15) is 11.3 Å². The Bertz CT molecular complexity index is 789. The van der Waals surface area contributed by atoms with Gasteiger partial charge in [-0.2, -0.15) is 0 Å². The van der Waals surface area contributed by atoms with Crippen molar-refractivity contribution in [2.45, 2.75) is 0 Å². The number of para-hydroxylation sites is 1. The number of hydrogen-bond donors (Lipinski definition) is 2. The molecule has 7 nitrogen and oxygen atoms in total. The summed E-state index contributed by atoms with van der Waals surface area (Å²) < 4.78 is 10.1. The second-order valence-corrected chi connectivity index (χ2v) is 4.98. The molecule has 0 fully saturated rings. The molecule has 0 saturated heterocycles. The van der Waals surface area contributed by atoms with Gasteiger partial charge in [0, 0.05) is 18.3 Å². The Morgan fingerprint density at radius 3 is 2.52 bits per heavy atom. The minimum Gasteiger partial charge on any atom is -0.483 e. The molecule has 2 aromatic rings. The van der Waals surface area contributed by atoms with Crippen LogP contribution in [0.5, 0.6) is 5.75 Å². The average Bonchev–Trinajstić information content (AvgIpc) is 2.65. The van der Waals surface area contributed by atoms with Crippen LogP contribution in [-0.4, -0.2) is 38.5 Å². The van der Waals surface area contributed by atoms with Gasteiger partial charge in [-0.15, -0.1) is 0 Å². The molecule has 0 aliphatic heterocycles. The van der Waals surface area contributed by atoms with Crippen molar-refractivity contribution in [3.05, 3.63) is 59.7 Å². The van der Waals surface area contributed by atoms with Gasteiger partial charge in [0.15, 0.2) is 6.61 Å². The Labute approximate surface area is 144 Å². The van der Waals surface area contributed by atoms with Gasteiger partial charge in [0.2, 0.25) is 0 Å². The number of anilines is 1. The lowest BCUT2D eigenvalue weighted by atomic mass is 10.2. The average molecular weight is 342 g/mol. The molecule has 0 atom stereocenters. The van der Waals surface area contributed by atoms with Crippen LogP contribution in [0.25, 0.3) is 0 Å². The van der Waals surface area contributed by atoms with E-state index in [2.05, 4.69) is 15.4 Å². The smallest absolute Gasteiger partial charge is 0.341 e. The van der Waals surface area contributed by atoms with Gasteiger partial charge in [0.25, 0.3) is 11.8 Å². The summed E-state index contributed by atoms with van der Waals surface area (Å²) in [6.07, 6.45) is 0. The number of carbonyl (C=O) groups excluding carboxylic acids is 3. The largest absolute Gasteiger partial charge is 0.483 e. The van der Waals surface area contributed by atoms with E-state index in [1.54, 1.807) is 48.5 Å². The third-order valence-electron chi connectivity index (χ3n) is 3.29. The molecule has 7 heteroatoms. The first-order valence-corrected chi connectivity index (χ1v) is 7.47. The van der Waals surface area contributed by atoms with Crippen molar-refractivity contribution >= 4 is 23.5 Å². The normalized spacial score (nSPS) is 9.84. The highest BCUT2D eigenvalue weighted by molar-refractivity contribution is 5.97. The summed E-state index contributed by atoms with van der Waals surface area (Å²) in [6, 6.07) is 13.0. The first-order valence-electron chi connectivity index (χ1n) is 7.47. The fourth-order valence-electron chi connectivity index (χ4n) is 2.09. The van der Waals surface area contributed by atoms with E-state index in [4.69, 9.17) is 4.74 Å². The highest BCUT2D eigenvalue weighted by atomic mass is 16.5. The van der Waals surface area contributed by atoms with Crippen LogP contribution in [0, 0.1) is 0 Å². The molecule has 130 valence electrons. The molecule has 0 unspecified atom stereocenters. The van der Waals surface area contributed by atoms with Gasteiger partial charge in [-0.3, -0.25) is 9.59 Å². The minimum atomic E-state index is -0.547. The molecule has 0 aromatic heterocycles. The summed E-state index contributed by atoms with van der Waals surface area (Å²) in [7, 11) is 2.80. The monoisotopic (exact) mass is 342 g/mol. The number of rotatable bonds is 6. The Morgan fingerprint density at radius 2 is 1.80 bits per heavy atom. The number of hydrogen-bond acceptors (Lipinski definition) is 5. The fourth-order valence-corrected chi connectivity index (χ4v) is 2.09. The van der Waals surface area contributed by atoms with E-state index >= 15 is 0 Å². The van der Waals surface area contributed by atoms with Gasteiger partial charge in [-0.1, -0.05) is 18.2 Å². The number of nitrogens with one attached hydrogen (secondary N) is 2. The van der Waals surface area contributed by atoms with Gasteiger partial charge in [-0.05, 0) is 30.3 Å². The van der Waals surface area contributed by atoms with Crippen LogP contribution >= 0.6 is 0 Å². The molecule has 0 spiro atoms. The molecule has 2 N–H and O–H groups in total. The summed E-state index contributed by atoms with van der Waals surface area (Å²) in [5.74, 6) is -0.967. The van der Waals surface area contributed by atoms with Gasteiger partial charge in [-0.25, -0.2) is 4.79 Å². The third-order valence-corrected chi connectivity index (χ3v) is 3.29. The Hall–Kier alpha value is -3.35. The Balaban J connectivity index is 2.00. The highest BCUT2D eigenvalue weighted by Crippen LogP contribution is 2.19. The maximum absolute atomic E-state index is 12.0. The van der Waals surface area contributed by atoms with Crippen LogP contribution in [0.1, 0.15) is 20.7 Å². The van der Waals surface area contributed by atoms with Crippen molar-refractivity contribution in [2.75, 3.05) is 26.1 Å². The van der Waals surface area contributed by atoms with E-state index in [0.29, 0.717) is 11.3 Å². The van der Waals surface area contributed by atoms with Crippen molar-refractivity contribution in [1.82, 2.24) is 5.32 Å². The zero-order valence-electron chi connectivity index (χ0n) is 13.9. The summed E-state index contributed by atoms with van der Waals surface area (Å²) in [6.45, 7) is -0.293. The second kappa shape index (κ2) is 8.49. The summed E-state index contributed by atoms with van der Waals surface area (Å²) >= 11 is 0. The number of ether oxygens (including phenoxy) is 2. The standard InChI is InChI=1S/C18H18N2O5/c1-19-17(22)12-6-5-7-13(10-12)20-16(21)11-25-15-9-4-3-8-14(15)18(23)24-2/h3-10H,11H2,1-2H3,(H,19,22)(H,20,21). The number of benzene rings is 2.